The van der Waals surface area contributed by atoms with Crippen molar-refractivity contribution in [2.75, 3.05) is 19.4 Å². The third kappa shape index (κ3) is 5.26. The zero-order valence-corrected chi connectivity index (χ0v) is 17.5. The number of anilines is 1. The van der Waals surface area contributed by atoms with E-state index >= 15 is 0 Å². The van der Waals surface area contributed by atoms with Crippen molar-refractivity contribution in [2.45, 2.75) is 19.4 Å². The van der Waals surface area contributed by atoms with Gasteiger partial charge in [0.05, 0.1) is 0 Å². The van der Waals surface area contributed by atoms with Gasteiger partial charge in [-0.2, -0.15) is 0 Å². The highest BCUT2D eigenvalue weighted by molar-refractivity contribution is 5.96. The van der Waals surface area contributed by atoms with Gasteiger partial charge in [-0.05, 0) is 53.9 Å². The third-order valence-electron chi connectivity index (χ3n) is 4.71. The maximum atomic E-state index is 12.7. The highest BCUT2D eigenvalue weighted by atomic mass is 16.5. The molecule has 0 aliphatic carbocycles. The first-order valence-corrected chi connectivity index (χ1v) is 9.92. The number of ether oxygens (including phenoxy) is 1. The Bertz CT molecular complexity index is 981. The molecule has 0 saturated heterocycles. The molecule has 0 aromatic heterocycles. The first-order chi connectivity index (χ1) is 14.5. The summed E-state index contributed by atoms with van der Waals surface area (Å²) in [4.78, 5) is 26.1. The van der Waals surface area contributed by atoms with E-state index in [1.165, 1.54) is 4.90 Å². The van der Waals surface area contributed by atoms with Crippen LogP contribution in [0.5, 0.6) is 5.75 Å². The third-order valence-corrected chi connectivity index (χ3v) is 4.71. The molecule has 0 heterocycles. The predicted molar refractivity (Wildman–Crippen MR) is 120 cm³/mol. The van der Waals surface area contributed by atoms with E-state index < -0.39 is 6.10 Å². The molecule has 3 aromatic carbocycles. The van der Waals surface area contributed by atoms with Crippen LogP contribution in [-0.4, -0.2) is 36.9 Å². The van der Waals surface area contributed by atoms with Crippen molar-refractivity contribution in [1.29, 1.82) is 0 Å². The summed E-state index contributed by atoms with van der Waals surface area (Å²) in [7, 11) is 3.40. The van der Waals surface area contributed by atoms with Crippen molar-refractivity contribution in [3.05, 3.63) is 84.4 Å². The fraction of sp³-hybridized carbons (Fsp3) is 0.200. The molecule has 1 unspecified atom stereocenters. The van der Waals surface area contributed by atoms with Gasteiger partial charge in [0, 0.05) is 25.3 Å². The second-order valence-corrected chi connectivity index (χ2v) is 7.17. The summed E-state index contributed by atoms with van der Waals surface area (Å²) in [6, 6.07) is 24.6. The summed E-state index contributed by atoms with van der Waals surface area (Å²) in [6.07, 6.45) is -0.0839. The first kappa shape index (κ1) is 21.1. The van der Waals surface area contributed by atoms with E-state index in [9.17, 15) is 9.59 Å². The first-order valence-electron chi connectivity index (χ1n) is 9.92. The highest BCUT2D eigenvalue weighted by Gasteiger charge is 2.19. The zero-order chi connectivity index (χ0) is 21.5. The minimum Gasteiger partial charge on any atom is -0.481 e. The quantitative estimate of drug-likeness (QED) is 0.614. The number of hydrogen-bond acceptors (Lipinski definition) is 3. The van der Waals surface area contributed by atoms with E-state index in [4.69, 9.17) is 4.74 Å². The van der Waals surface area contributed by atoms with Crippen LogP contribution in [0.25, 0.3) is 11.1 Å². The fourth-order valence-electron chi connectivity index (χ4n) is 3.02. The van der Waals surface area contributed by atoms with Crippen molar-refractivity contribution in [2.24, 2.45) is 0 Å². The molecule has 5 nitrogen and oxygen atoms in total. The molecule has 0 spiro atoms. The SMILES string of the molecule is CCC(Oc1ccc(-c2ccccc2)cc1)C(=O)Nc1ccc(C(=O)N(C)C)cc1. The molecule has 0 bridgehead atoms. The van der Waals surface area contributed by atoms with Gasteiger partial charge in [0.15, 0.2) is 6.10 Å². The Morgan fingerprint density at radius 2 is 1.47 bits per heavy atom. The van der Waals surface area contributed by atoms with Crippen molar-refractivity contribution in [3.8, 4) is 16.9 Å². The molecule has 1 atom stereocenters. The van der Waals surface area contributed by atoms with Gasteiger partial charge in [-0.1, -0.05) is 49.4 Å². The van der Waals surface area contributed by atoms with Crippen LogP contribution in [0.2, 0.25) is 0 Å². The lowest BCUT2D eigenvalue weighted by molar-refractivity contribution is -0.122. The standard InChI is InChI=1S/C25H26N2O3/c1-4-23(24(28)26-21-14-10-20(11-15-21)25(29)27(2)3)30-22-16-12-19(13-17-22)18-8-6-5-7-9-18/h5-17,23H,4H2,1-3H3,(H,26,28). The largest absolute Gasteiger partial charge is 0.481 e. The molecule has 2 amide bonds. The second-order valence-electron chi connectivity index (χ2n) is 7.17. The molecule has 1 N–H and O–H groups in total. The van der Waals surface area contributed by atoms with Crippen LogP contribution in [-0.2, 0) is 4.79 Å². The Balaban J connectivity index is 1.63. The molecule has 5 heteroatoms. The summed E-state index contributed by atoms with van der Waals surface area (Å²) in [6.45, 7) is 1.90. The van der Waals surface area contributed by atoms with Crippen LogP contribution in [0.1, 0.15) is 23.7 Å². The van der Waals surface area contributed by atoms with Crippen molar-refractivity contribution in [1.82, 2.24) is 4.90 Å². The normalized spacial score (nSPS) is 11.4. The summed E-state index contributed by atoms with van der Waals surface area (Å²) in [5, 5.41) is 2.86. The molecular formula is C25H26N2O3. The fourth-order valence-corrected chi connectivity index (χ4v) is 3.02. The summed E-state index contributed by atoms with van der Waals surface area (Å²) in [5.74, 6) is 0.335. The smallest absolute Gasteiger partial charge is 0.265 e. The number of carbonyl (C=O) groups excluding carboxylic acids is 2. The van der Waals surface area contributed by atoms with Crippen LogP contribution in [0.15, 0.2) is 78.9 Å². The Labute approximate surface area is 177 Å². The summed E-state index contributed by atoms with van der Waals surface area (Å²) in [5.41, 5.74) is 3.41. The van der Waals surface area contributed by atoms with Gasteiger partial charge in [-0.25, -0.2) is 0 Å². The van der Waals surface area contributed by atoms with Gasteiger partial charge in [0.1, 0.15) is 5.75 Å². The topological polar surface area (TPSA) is 58.6 Å². The van der Waals surface area contributed by atoms with Gasteiger partial charge >= 0.3 is 0 Å². The number of rotatable bonds is 7. The van der Waals surface area contributed by atoms with E-state index in [2.05, 4.69) is 17.4 Å². The average Bonchev–Trinajstić information content (AvgIpc) is 2.78. The molecule has 154 valence electrons. The van der Waals surface area contributed by atoms with E-state index in [-0.39, 0.29) is 11.8 Å². The number of amides is 2. The van der Waals surface area contributed by atoms with Crippen LogP contribution >= 0.6 is 0 Å². The Morgan fingerprint density at radius 1 is 0.867 bits per heavy atom. The Morgan fingerprint density at radius 3 is 2.03 bits per heavy atom. The van der Waals surface area contributed by atoms with Crippen LogP contribution in [0.3, 0.4) is 0 Å². The lowest BCUT2D eigenvalue weighted by Crippen LogP contribution is -2.32. The van der Waals surface area contributed by atoms with Gasteiger partial charge in [0.2, 0.25) is 0 Å². The molecule has 3 aromatic rings. The lowest BCUT2D eigenvalue weighted by Gasteiger charge is -2.18. The van der Waals surface area contributed by atoms with Gasteiger partial charge < -0.3 is 15.0 Å². The molecule has 0 radical (unpaired) electrons. The van der Waals surface area contributed by atoms with Crippen molar-refractivity contribution in [3.63, 3.8) is 0 Å². The monoisotopic (exact) mass is 402 g/mol. The average molecular weight is 402 g/mol. The Kier molecular flexibility index (Phi) is 6.86. The molecule has 0 saturated carbocycles. The molecule has 0 aliphatic rings. The number of carbonyl (C=O) groups is 2. The molecule has 3 rings (SSSR count). The number of benzene rings is 3. The van der Waals surface area contributed by atoms with E-state index in [1.54, 1.807) is 38.4 Å². The molecule has 0 fully saturated rings. The minimum absolute atomic E-state index is 0.0819. The highest BCUT2D eigenvalue weighted by Crippen LogP contribution is 2.23. The van der Waals surface area contributed by atoms with E-state index in [1.807, 2.05) is 49.4 Å². The molecular weight excluding hydrogens is 376 g/mol. The van der Waals surface area contributed by atoms with Crippen LogP contribution in [0, 0.1) is 0 Å². The number of nitrogens with zero attached hydrogens (tertiary/aromatic N) is 1. The van der Waals surface area contributed by atoms with Gasteiger partial charge in [-0.3, -0.25) is 9.59 Å². The maximum Gasteiger partial charge on any atom is 0.265 e. The molecule has 30 heavy (non-hydrogen) atoms. The lowest BCUT2D eigenvalue weighted by atomic mass is 10.1. The van der Waals surface area contributed by atoms with E-state index in [0.29, 0.717) is 23.4 Å². The minimum atomic E-state index is -0.615. The Hall–Kier alpha value is -3.60. The van der Waals surface area contributed by atoms with Crippen LogP contribution < -0.4 is 10.1 Å². The van der Waals surface area contributed by atoms with Gasteiger partial charge in [0.25, 0.3) is 11.8 Å². The van der Waals surface area contributed by atoms with Gasteiger partial charge in [-0.15, -0.1) is 0 Å². The summed E-state index contributed by atoms with van der Waals surface area (Å²) >= 11 is 0. The van der Waals surface area contributed by atoms with E-state index in [0.717, 1.165) is 11.1 Å². The zero-order valence-electron chi connectivity index (χ0n) is 17.5. The van der Waals surface area contributed by atoms with Crippen molar-refractivity contribution < 1.29 is 14.3 Å². The number of nitrogens with one attached hydrogen (secondary N) is 1. The molecule has 0 aliphatic heterocycles. The predicted octanol–water partition coefficient (Wildman–Crippen LogP) is 4.85. The maximum absolute atomic E-state index is 12.7. The summed E-state index contributed by atoms with van der Waals surface area (Å²) < 4.78 is 5.91. The van der Waals surface area contributed by atoms with Crippen LogP contribution in [0.4, 0.5) is 5.69 Å². The number of hydrogen-bond donors (Lipinski definition) is 1. The van der Waals surface area contributed by atoms with Crippen molar-refractivity contribution >= 4 is 17.5 Å². The second kappa shape index (κ2) is 9.74.